The van der Waals surface area contributed by atoms with E-state index < -0.39 is 0 Å². The molecular weight excluding hydrogens is 128 g/mol. The zero-order chi connectivity index (χ0) is 7.61. The first-order valence-electron chi connectivity index (χ1n) is 3.67. The summed E-state index contributed by atoms with van der Waals surface area (Å²) < 4.78 is 5.26. The van der Waals surface area contributed by atoms with Crippen LogP contribution in [0.2, 0.25) is 0 Å². The fourth-order valence-corrected chi connectivity index (χ4v) is 1.31. The number of ether oxygens (including phenoxy) is 1. The molecule has 0 amide bonds. The number of nitrogens with two attached hydrogens (primary N) is 1. The van der Waals surface area contributed by atoms with Crippen LogP contribution in [0.3, 0.4) is 0 Å². The summed E-state index contributed by atoms with van der Waals surface area (Å²) in [5, 5.41) is 3.12. The standard InChI is InChI=1S/C7H16N2O/c1-7(4-9-2)5-10-3-6(7)8/h6,9H,3-5,8H2,1-2H3. The van der Waals surface area contributed by atoms with Crippen LogP contribution in [0.15, 0.2) is 0 Å². The van der Waals surface area contributed by atoms with Crippen molar-refractivity contribution in [1.29, 1.82) is 0 Å². The van der Waals surface area contributed by atoms with Gasteiger partial charge in [0, 0.05) is 18.0 Å². The van der Waals surface area contributed by atoms with Gasteiger partial charge >= 0.3 is 0 Å². The molecule has 1 saturated heterocycles. The molecule has 0 aromatic heterocycles. The number of rotatable bonds is 2. The maximum atomic E-state index is 5.83. The van der Waals surface area contributed by atoms with Crippen LogP contribution in [0.4, 0.5) is 0 Å². The summed E-state index contributed by atoms with van der Waals surface area (Å²) in [4.78, 5) is 0. The lowest BCUT2D eigenvalue weighted by Crippen LogP contribution is -2.44. The molecule has 1 rings (SSSR count). The van der Waals surface area contributed by atoms with Crippen molar-refractivity contribution in [2.24, 2.45) is 11.1 Å². The molecule has 0 radical (unpaired) electrons. The topological polar surface area (TPSA) is 47.3 Å². The third-order valence-electron chi connectivity index (χ3n) is 2.20. The predicted molar refractivity (Wildman–Crippen MR) is 40.8 cm³/mol. The van der Waals surface area contributed by atoms with Gasteiger partial charge in [0.15, 0.2) is 0 Å². The predicted octanol–water partition coefficient (Wildman–Crippen LogP) is -0.430. The van der Waals surface area contributed by atoms with Gasteiger partial charge in [0.2, 0.25) is 0 Å². The molecule has 3 nitrogen and oxygen atoms in total. The molecule has 3 heteroatoms. The van der Waals surface area contributed by atoms with Crippen LogP contribution < -0.4 is 11.1 Å². The summed E-state index contributed by atoms with van der Waals surface area (Å²) in [6, 6.07) is 0.194. The van der Waals surface area contributed by atoms with Gasteiger partial charge < -0.3 is 15.8 Å². The fourth-order valence-electron chi connectivity index (χ4n) is 1.31. The van der Waals surface area contributed by atoms with Gasteiger partial charge in [0.25, 0.3) is 0 Å². The first-order chi connectivity index (χ1) is 4.69. The van der Waals surface area contributed by atoms with Gasteiger partial charge in [-0.2, -0.15) is 0 Å². The average Bonchev–Trinajstić information content (AvgIpc) is 2.15. The van der Waals surface area contributed by atoms with Crippen molar-refractivity contribution in [2.75, 3.05) is 26.8 Å². The first-order valence-corrected chi connectivity index (χ1v) is 3.67. The highest BCUT2D eigenvalue weighted by atomic mass is 16.5. The van der Waals surface area contributed by atoms with E-state index in [4.69, 9.17) is 10.5 Å². The Morgan fingerprint density at radius 2 is 2.50 bits per heavy atom. The second-order valence-electron chi connectivity index (χ2n) is 3.31. The molecule has 60 valence electrons. The van der Waals surface area contributed by atoms with Crippen molar-refractivity contribution in [3.8, 4) is 0 Å². The van der Waals surface area contributed by atoms with E-state index in [9.17, 15) is 0 Å². The minimum absolute atomic E-state index is 0.148. The van der Waals surface area contributed by atoms with Crippen molar-refractivity contribution in [3.63, 3.8) is 0 Å². The molecule has 0 aliphatic carbocycles. The molecule has 2 atom stereocenters. The molecule has 0 spiro atoms. The van der Waals surface area contributed by atoms with Crippen LogP contribution in [-0.4, -0.2) is 32.8 Å². The van der Waals surface area contributed by atoms with Crippen molar-refractivity contribution in [2.45, 2.75) is 13.0 Å². The molecule has 1 aliphatic rings. The number of hydrogen-bond acceptors (Lipinski definition) is 3. The second-order valence-corrected chi connectivity index (χ2v) is 3.31. The van der Waals surface area contributed by atoms with E-state index >= 15 is 0 Å². The van der Waals surface area contributed by atoms with E-state index in [1.807, 2.05) is 7.05 Å². The zero-order valence-corrected chi connectivity index (χ0v) is 6.68. The Morgan fingerprint density at radius 1 is 1.80 bits per heavy atom. The van der Waals surface area contributed by atoms with E-state index in [1.54, 1.807) is 0 Å². The van der Waals surface area contributed by atoms with Crippen LogP contribution in [0.25, 0.3) is 0 Å². The molecule has 1 aliphatic heterocycles. The van der Waals surface area contributed by atoms with E-state index in [1.165, 1.54) is 0 Å². The van der Waals surface area contributed by atoms with Gasteiger partial charge in [-0.15, -0.1) is 0 Å². The summed E-state index contributed by atoms with van der Waals surface area (Å²) in [5.74, 6) is 0. The molecule has 1 fully saturated rings. The third kappa shape index (κ3) is 1.31. The monoisotopic (exact) mass is 144 g/mol. The van der Waals surface area contributed by atoms with Crippen molar-refractivity contribution >= 4 is 0 Å². The maximum absolute atomic E-state index is 5.83. The molecule has 0 saturated carbocycles. The molecule has 0 aromatic carbocycles. The fraction of sp³-hybridized carbons (Fsp3) is 1.00. The van der Waals surface area contributed by atoms with E-state index in [2.05, 4.69) is 12.2 Å². The Kier molecular flexibility index (Phi) is 2.28. The number of nitrogens with one attached hydrogen (secondary N) is 1. The summed E-state index contributed by atoms with van der Waals surface area (Å²) in [6.45, 7) is 4.59. The lowest BCUT2D eigenvalue weighted by atomic mass is 9.86. The first kappa shape index (κ1) is 7.98. The van der Waals surface area contributed by atoms with Crippen molar-refractivity contribution < 1.29 is 4.74 Å². The van der Waals surface area contributed by atoms with Gasteiger partial charge in [-0.25, -0.2) is 0 Å². The molecule has 0 bridgehead atoms. The quantitative estimate of drug-likeness (QED) is 0.553. The van der Waals surface area contributed by atoms with Gasteiger partial charge in [0.1, 0.15) is 0 Å². The molecule has 3 N–H and O–H groups in total. The normalized spacial score (nSPS) is 40.5. The third-order valence-corrected chi connectivity index (χ3v) is 2.20. The van der Waals surface area contributed by atoms with Crippen LogP contribution >= 0.6 is 0 Å². The minimum atomic E-state index is 0.148. The Balaban J connectivity index is 2.48. The Morgan fingerprint density at radius 3 is 2.90 bits per heavy atom. The van der Waals surface area contributed by atoms with E-state index in [-0.39, 0.29) is 11.5 Å². The van der Waals surface area contributed by atoms with Gasteiger partial charge in [-0.3, -0.25) is 0 Å². The van der Waals surface area contributed by atoms with E-state index in [0.29, 0.717) is 6.61 Å². The summed E-state index contributed by atoms with van der Waals surface area (Å²) in [7, 11) is 1.94. The summed E-state index contributed by atoms with van der Waals surface area (Å²) in [5.41, 5.74) is 5.98. The van der Waals surface area contributed by atoms with Gasteiger partial charge in [-0.1, -0.05) is 6.92 Å². The zero-order valence-electron chi connectivity index (χ0n) is 6.68. The lowest BCUT2D eigenvalue weighted by Gasteiger charge is -2.25. The molecule has 0 aromatic rings. The SMILES string of the molecule is CNCC1(C)COCC1N. The Labute approximate surface area is 61.9 Å². The van der Waals surface area contributed by atoms with Crippen LogP contribution in [0.1, 0.15) is 6.92 Å². The smallest absolute Gasteiger partial charge is 0.0624 e. The van der Waals surface area contributed by atoms with Crippen LogP contribution in [0, 0.1) is 5.41 Å². The average molecular weight is 144 g/mol. The molecule has 1 heterocycles. The highest BCUT2D eigenvalue weighted by Crippen LogP contribution is 2.25. The van der Waals surface area contributed by atoms with E-state index in [0.717, 1.165) is 13.2 Å². The van der Waals surface area contributed by atoms with Crippen molar-refractivity contribution in [3.05, 3.63) is 0 Å². The van der Waals surface area contributed by atoms with Crippen LogP contribution in [0.5, 0.6) is 0 Å². The second kappa shape index (κ2) is 2.86. The minimum Gasteiger partial charge on any atom is -0.379 e. The highest BCUT2D eigenvalue weighted by Gasteiger charge is 2.36. The summed E-state index contributed by atoms with van der Waals surface area (Å²) in [6.07, 6.45) is 0. The summed E-state index contributed by atoms with van der Waals surface area (Å²) >= 11 is 0. The Hall–Kier alpha value is -0.120. The highest BCUT2D eigenvalue weighted by molar-refractivity contribution is 4.91. The van der Waals surface area contributed by atoms with Gasteiger partial charge in [0.05, 0.1) is 13.2 Å². The van der Waals surface area contributed by atoms with Crippen LogP contribution in [-0.2, 0) is 4.74 Å². The molecule has 2 unspecified atom stereocenters. The van der Waals surface area contributed by atoms with Crippen molar-refractivity contribution in [1.82, 2.24) is 5.32 Å². The molecular formula is C7H16N2O. The maximum Gasteiger partial charge on any atom is 0.0624 e. The lowest BCUT2D eigenvalue weighted by molar-refractivity contribution is 0.159. The Bertz CT molecular complexity index is 118. The largest absolute Gasteiger partial charge is 0.379 e. The molecule has 10 heavy (non-hydrogen) atoms. The number of hydrogen-bond donors (Lipinski definition) is 2. The van der Waals surface area contributed by atoms with Gasteiger partial charge in [-0.05, 0) is 7.05 Å².